The quantitative estimate of drug-likeness (QED) is 0.889. The van der Waals surface area contributed by atoms with Gasteiger partial charge in [0.1, 0.15) is 5.69 Å². The van der Waals surface area contributed by atoms with Crippen molar-refractivity contribution in [2.24, 2.45) is 5.92 Å². The van der Waals surface area contributed by atoms with Crippen LogP contribution < -0.4 is 5.32 Å². The summed E-state index contributed by atoms with van der Waals surface area (Å²) in [4.78, 5) is 12.5. The average molecular weight is 278 g/mol. The molecule has 1 saturated carbocycles. The Morgan fingerprint density at radius 2 is 2.35 bits per heavy atom. The molecular formula is C16H26N2O2. The molecule has 2 rings (SSSR count). The number of carbonyl (C=O) groups is 1. The lowest BCUT2D eigenvalue weighted by molar-refractivity contribution is 0.0688. The highest BCUT2D eigenvalue weighted by Gasteiger charge is 2.36. The third-order valence-corrected chi connectivity index (χ3v) is 4.34. The normalized spacial score (nSPS) is 26.8. The maximum Gasteiger partial charge on any atom is 0.268 e. The molecule has 112 valence electrons. The highest BCUT2D eigenvalue weighted by Crippen LogP contribution is 2.32. The van der Waals surface area contributed by atoms with Crippen molar-refractivity contribution >= 4 is 5.91 Å². The van der Waals surface area contributed by atoms with Gasteiger partial charge in [-0.2, -0.15) is 0 Å². The molecule has 1 aromatic heterocycles. The van der Waals surface area contributed by atoms with E-state index in [0.717, 1.165) is 19.3 Å². The Morgan fingerprint density at radius 1 is 1.60 bits per heavy atom. The fourth-order valence-corrected chi connectivity index (χ4v) is 3.30. The van der Waals surface area contributed by atoms with E-state index in [1.807, 2.05) is 22.9 Å². The number of aliphatic hydroxyl groups is 1. The number of nitrogens with one attached hydrogen (secondary N) is 1. The number of nitrogens with zero attached hydrogens (tertiary/aromatic N) is 1. The first-order valence-electron chi connectivity index (χ1n) is 7.57. The minimum Gasteiger partial charge on any atom is -0.394 e. The summed E-state index contributed by atoms with van der Waals surface area (Å²) >= 11 is 0. The zero-order valence-corrected chi connectivity index (χ0v) is 12.7. The number of amides is 1. The molecule has 0 saturated heterocycles. The average Bonchev–Trinajstić information content (AvgIpc) is 2.88. The van der Waals surface area contributed by atoms with E-state index in [2.05, 4.69) is 26.1 Å². The van der Waals surface area contributed by atoms with Gasteiger partial charge in [-0.3, -0.25) is 4.79 Å². The van der Waals surface area contributed by atoms with Crippen LogP contribution in [0.4, 0.5) is 0 Å². The van der Waals surface area contributed by atoms with Crippen LogP contribution >= 0.6 is 0 Å². The van der Waals surface area contributed by atoms with E-state index < -0.39 is 5.54 Å². The third-order valence-electron chi connectivity index (χ3n) is 4.34. The maximum absolute atomic E-state index is 12.5. The van der Waals surface area contributed by atoms with Gasteiger partial charge in [0, 0.05) is 12.2 Å². The largest absolute Gasteiger partial charge is 0.394 e. The molecule has 0 radical (unpaired) electrons. The lowest BCUT2D eigenvalue weighted by atomic mass is 9.77. The van der Waals surface area contributed by atoms with E-state index >= 15 is 0 Å². The first-order valence-corrected chi connectivity index (χ1v) is 7.57. The highest BCUT2D eigenvalue weighted by molar-refractivity contribution is 5.93. The number of hydrogen-bond donors (Lipinski definition) is 2. The van der Waals surface area contributed by atoms with Crippen LogP contribution in [0.15, 0.2) is 18.3 Å². The van der Waals surface area contributed by atoms with Gasteiger partial charge < -0.3 is 15.0 Å². The second-order valence-corrected chi connectivity index (χ2v) is 6.49. The Morgan fingerprint density at radius 3 is 2.95 bits per heavy atom. The van der Waals surface area contributed by atoms with Crippen molar-refractivity contribution in [2.45, 2.75) is 58.0 Å². The number of aliphatic hydroxyl groups excluding tert-OH is 1. The van der Waals surface area contributed by atoms with Gasteiger partial charge in [0.15, 0.2) is 0 Å². The number of rotatable bonds is 4. The highest BCUT2D eigenvalue weighted by atomic mass is 16.3. The summed E-state index contributed by atoms with van der Waals surface area (Å²) in [6.07, 6.45) is 5.89. The van der Waals surface area contributed by atoms with Crippen LogP contribution in [-0.4, -0.2) is 27.7 Å². The lowest BCUT2D eigenvalue weighted by Gasteiger charge is -2.39. The Labute approximate surface area is 121 Å². The van der Waals surface area contributed by atoms with Crippen LogP contribution in [0.1, 0.15) is 63.0 Å². The number of carbonyl (C=O) groups excluding carboxylic acids is 1. The minimum absolute atomic E-state index is 0.0193. The van der Waals surface area contributed by atoms with Crippen molar-refractivity contribution in [1.82, 2.24) is 9.88 Å². The summed E-state index contributed by atoms with van der Waals surface area (Å²) in [7, 11) is 0. The van der Waals surface area contributed by atoms with Crippen molar-refractivity contribution in [3.63, 3.8) is 0 Å². The molecule has 1 aliphatic carbocycles. The summed E-state index contributed by atoms with van der Waals surface area (Å²) in [5, 5.41) is 12.9. The van der Waals surface area contributed by atoms with Crippen LogP contribution in [0.5, 0.6) is 0 Å². The third kappa shape index (κ3) is 3.06. The molecule has 20 heavy (non-hydrogen) atoms. The van der Waals surface area contributed by atoms with Crippen LogP contribution in [0.2, 0.25) is 0 Å². The van der Waals surface area contributed by atoms with Crippen LogP contribution in [0.25, 0.3) is 0 Å². The molecule has 1 heterocycles. The van der Waals surface area contributed by atoms with E-state index in [9.17, 15) is 9.90 Å². The van der Waals surface area contributed by atoms with Gasteiger partial charge in [-0.25, -0.2) is 0 Å². The monoisotopic (exact) mass is 278 g/mol. The smallest absolute Gasteiger partial charge is 0.268 e. The molecular weight excluding hydrogens is 252 g/mol. The molecule has 0 aliphatic heterocycles. The molecule has 2 unspecified atom stereocenters. The zero-order valence-electron chi connectivity index (χ0n) is 12.7. The first kappa shape index (κ1) is 15.1. The summed E-state index contributed by atoms with van der Waals surface area (Å²) < 4.78 is 1.96. The van der Waals surface area contributed by atoms with E-state index in [0.29, 0.717) is 11.6 Å². The lowest BCUT2D eigenvalue weighted by Crippen LogP contribution is -2.54. The molecule has 1 fully saturated rings. The van der Waals surface area contributed by atoms with Crippen molar-refractivity contribution in [2.75, 3.05) is 6.61 Å². The molecule has 1 amide bonds. The molecule has 2 N–H and O–H groups in total. The Bertz CT molecular complexity index is 467. The van der Waals surface area contributed by atoms with Crippen molar-refractivity contribution in [1.29, 1.82) is 0 Å². The molecule has 1 aliphatic rings. The second-order valence-electron chi connectivity index (χ2n) is 6.49. The molecule has 4 heteroatoms. The number of aromatic nitrogens is 1. The van der Waals surface area contributed by atoms with Crippen LogP contribution in [0.3, 0.4) is 0 Å². The van der Waals surface area contributed by atoms with E-state index in [1.54, 1.807) is 0 Å². The van der Waals surface area contributed by atoms with Crippen molar-refractivity contribution in [3.8, 4) is 0 Å². The van der Waals surface area contributed by atoms with Gasteiger partial charge in [-0.15, -0.1) is 0 Å². The van der Waals surface area contributed by atoms with Gasteiger partial charge in [0.05, 0.1) is 12.1 Å². The molecule has 0 spiro atoms. The van der Waals surface area contributed by atoms with Crippen LogP contribution in [0, 0.1) is 5.92 Å². The molecule has 1 aromatic rings. The SMILES string of the molecule is CC1CCCC(CO)(NC(=O)c2cccn2C(C)C)C1. The zero-order chi connectivity index (χ0) is 14.8. The summed E-state index contributed by atoms with van der Waals surface area (Å²) in [6.45, 7) is 6.32. The predicted octanol–water partition coefficient (Wildman–Crippen LogP) is 2.74. The topological polar surface area (TPSA) is 54.3 Å². The van der Waals surface area contributed by atoms with Gasteiger partial charge in [-0.05, 0) is 44.7 Å². The maximum atomic E-state index is 12.5. The molecule has 2 atom stereocenters. The Kier molecular flexibility index (Phi) is 4.53. The van der Waals surface area contributed by atoms with E-state index in [-0.39, 0.29) is 18.6 Å². The predicted molar refractivity (Wildman–Crippen MR) is 79.7 cm³/mol. The molecule has 0 aromatic carbocycles. The van der Waals surface area contributed by atoms with Crippen molar-refractivity contribution < 1.29 is 9.90 Å². The van der Waals surface area contributed by atoms with E-state index in [4.69, 9.17) is 0 Å². The van der Waals surface area contributed by atoms with E-state index in [1.165, 1.54) is 6.42 Å². The van der Waals surface area contributed by atoms with Crippen molar-refractivity contribution in [3.05, 3.63) is 24.0 Å². The number of hydrogen-bond acceptors (Lipinski definition) is 2. The van der Waals surface area contributed by atoms with Gasteiger partial charge in [0.2, 0.25) is 0 Å². The fourth-order valence-electron chi connectivity index (χ4n) is 3.30. The standard InChI is InChI=1S/C16H26N2O2/c1-12(2)18-9-5-7-14(18)15(20)17-16(11-19)8-4-6-13(3)10-16/h5,7,9,12-13,19H,4,6,8,10-11H2,1-3H3,(H,17,20). The summed E-state index contributed by atoms with van der Waals surface area (Å²) in [5.41, 5.74) is 0.229. The first-order chi connectivity index (χ1) is 9.47. The Hall–Kier alpha value is -1.29. The second kappa shape index (κ2) is 6.00. The minimum atomic E-state index is -0.444. The fraction of sp³-hybridized carbons (Fsp3) is 0.688. The summed E-state index contributed by atoms with van der Waals surface area (Å²) in [6, 6.07) is 3.98. The molecule has 4 nitrogen and oxygen atoms in total. The summed E-state index contributed by atoms with van der Waals surface area (Å²) in [5.74, 6) is 0.472. The van der Waals surface area contributed by atoms with Gasteiger partial charge in [0.25, 0.3) is 5.91 Å². The Balaban J connectivity index is 2.15. The van der Waals surface area contributed by atoms with Gasteiger partial charge >= 0.3 is 0 Å². The van der Waals surface area contributed by atoms with Crippen LogP contribution in [-0.2, 0) is 0 Å². The molecule has 0 bridgehead atoms. The van der Waals surface area contributed by atoms with Gasteiger partial charge in [-0.1, -0.05) is 19.8 Å².